The maximum atomic E-state index is 9.73. The van der Waals surface area contributed by atoms with E-state index in [4.69, 9.17) is 0 Å². The van der Waals surface area contributed by atoms with Crippen molar-refractivity contribution in [3.63, 3.8) is 0 Å². The summed E-state index contributed by atoms with van der Waals surface area (Å²) >= 11 is 0. The van der Waals surface area contributed by atoms with Gasteiger partial charge in [0, 0.05) is 12.1 Å². The first-order chi connectivity index (χ1) is 11.2. The molecule has 122 valence electrons. The van der Waals surface area contributed by atoms with Crippen LogP contribution in [0.15, 0.2) is 54.6 Å². The van der Waals surface area contributed by atoms with Gasteiger partial charge in [-0.2, -0.15) is 0 Å². The highest BCUT2D eigenvalue weighted by Crippen LogP contribution is 2.32. The second kappa shape index (κ2) is 7.18. The van der Waals surface area contributed by atoms with Crippen LogP contribution in [-0.4, -0.2) is 28.6 Å². The van der Waals surface area contributed by atoms with E-state index in [1.165, 1.54) is 36.9 Å². The Balaban J connectivity index is 1.69. The summed E-state index contributed by atoms with van der Waals surface area (Å²) in [5.41, 5.74) is 2.85. The number of phenols is 1. The van der Waals surface area contributed by atoms with Crippen molar-refractivity contribution in [2.75, 3.05) is 13.1 Å². The number of hydrogen-bond acceptors (Lipinski definition) is 2. The summed E-state index contributed by atoms with van der Waals surface area (Å²) in [5, 5.41) is 9.73. The van der Waals surface area contributed by atoms with E-state index in [-0.39, 0.29) is 5.54 Å². The van der Waals surface area contributed by atoms with Gasteiger partial charge in [0.05, 0.1) is 0 Å². The summed E-state index contributed by atoms with van der Waals surface area (Å²) in [4.78, 5) is 2.66. The van der Waals surface area contributed by atoms with Crippen LogP contribution in [0.5, 0.6) is 5.75 Å². The molecule has 0 saturated carbocycles. The molecule has 1 aliphatic rings. The number of aromatic hydroxyl groups is 1. The number of piperidine rings is 1. The van der Waals surface area contributed by atoms with Gasteiger partial charge in [-0.3, -0.25) is 4.90 Å². The van der Waals surface area contributed by atoms with Crippen molar-refractivity contribution >= 4 is 0 Å². The molecule has 0 unspecified atom stereocenters. The van der Waals surface area contributed by atoms with Crippen LogP contribution < -0.4 is 0 Å². The Kier molecular flexibility index (Phi) is 5.02. The van der Waals surface area contributed by atoms with Crippen LogP contribution in [0.3, 0.4) is 0 Å². The van der Waals surface area contributed by atoms with Crippen LogP contribution in [0.1, 0.15) is 37.3 Å². The van der Waals surface area contributed by atoms with Crippen LogP contribution in [0.25, 0.3) is 0 Å². The number of likely N-dealkylation sites (tertiary alicyclic amines) is 1. The lowest BCUT2D eigenvalue weighted by Gasteiger charge is -2.45. The van der Waals surface area contributed by atoms with Crippen LogP contribution in [0.2, 0.25) is 0 Å². The van der Waals surface area contributed by atoms with Crippen LogP contribution in [0, 0.1) is 0 Å². The smallest absolute Gasteiger partial charge is 0.115 e. The second-order valence-corrected chi connectivity index (χ2v) is 7.02. The zero-order valence-electron chi connectivity index (χ0n) is 14.0. The SMILES string of the molecule is C[C@@]1(Cc2cccc(O)c2)CCCCN1CCc1ccccc1. The topological polar surface area (TPSA) is 23.5 Å². The molecule has 0 spiro atoms. The molecule has 0 bridgehead atoms. The lowest BCUT2D eigenvalue weighted by Crippen LogP contribution is -2.51. The van der Waals surface area contributed by atoms with Gasteiger partial charge >= 0.3 is 0 Å². The fourth-order valence-corrected chi connectivity index (χ4v) is 3.83. The van der Waals surface area contributed by atoms with Gasteiger partial charge in [-0.15, -0.1) is 0 Å². The van der Waals surface area contributed by atoms with E-state index in [0.717, 1.165) is 19.4 Å². The fourth-order valence-electron chi connectivity index (χ4n) is 3.83. The number of nitrogens with zero attached hydrogens (tertiary/aromatic N) is 1. The van der Waals surface area contributed by atoms with E-state index in [1.54, 1.807) is 6.07 Å². The average molecular weight is 309 g/mol. The Morgan fingerprint density at radius 1 is 1.00 bits per heavy atom. The van der Waals surface area contributed by atoms with Gasteiger partial charge in [-0.05, 0) is 62.4 Å². The Hall–Kier alpha value is -1.80. The highest BCUT2D eigenvalue weighted by Gasteiger charge is 2.34. The first-order valence-electron chi connectivity index (χ1n) is 8.73. The van der Waals surface area contributed by atoms with E-state index in [1.807, 2.05) is 12.1 Å². The molecule has 1 atom stereocenters. The van der Waals surface area contributed by atoms with Gasteiger partial charge in [0.15, 0.2) is 0 Å². The first kappa shape index (κ1) is 16.1. The van der Waals surface area contributed by atoms with Crippen molar-refractivity contribution in [1.29, 1.82) is 0 Å². The van der Waals surface area contributed by atoms with E-state index in [9.17, 15) is 5.11 Å². The zero-order valence-corrected chi connectivity index (χ0v) is 14.0. The van der Waals surface area contributed by atoms with E-state index in [0.29, 0.717) is 5.75 Å². The standard InChI is InChI=1S/C21H27NO/c1-21(17-19-10-7-11-20(23)16-19)13-5-6-14-22(21)15-12-18-8-3-2-4-9-18/h2-4,7-11,16,23H,5-6,12-15,17H2,1H3/t21-/m0/s1. The predicted molar refractivity (Wildman–Crippen MR) is 95.8 cm³/mol. The van der Waals surface area contributed by atoms with Gasteiger partial charge in [0.25, 0.3) is 0 Å². The lowest BCUT2D eigenvalue weighted by atomic mass is 9.82. The molecule has 23 heavy (non-hydrogen) atoms. The number of phenolic OH excluding ortho intramolecular Hbond substituents is 1. The lowest BCUT2D eigenvalue weighted by molar-refractivity contribution is 0.0626. The minimum Gasteiger partial charge on any atom is -0.508 e. The average Bonchev–Trinajstić information content (AvgIpc) is 2.55. The van der Waals surface area contributed by atoms with Crippen molar-refractivity contribution < 1.29 is 5.11 Å². The molecule has 2 aromatic carbocycles. The van der Waals surface area contributed by atoms with Gasteiger partial charge in [-0.1, -0.05) is 48.9 Å². The van der Waals surface area contributed by atoms with Crippen molar-refractivity contribution in [2.45, 2.75) is 44.6 Å². The molecule has 1 fully saturated rings. The van der Waals surface area contributed by atoms with Crippen LogP contribution in [-0.2, 0) is 12.8 Å². The van der Waals surface area contributed by atoms with Crippen molar-refractivity contribution in [3.8, 4) is 5.75 Å². The van der Waals surface area contributed by atoms with Crippen molar-refractivity contribution in [2.24, 2.45) is 0 Å². The molecule has 2 heteroatoms. The van der Waals surface area contributed by atoms with Gasteiger partial charge in [0.1, 0.15) is 5.75 Å². The summed E-state index contributed by atoms with van der Waals surface area (Å²) in [6.45, 7) is 4.68. The third kappa shape index (κ3) is 4.14. The summed E-state index contributed by atoms with van der Waals surface area (Å²) in [6, 6.07) is 18.5. The predicted octanol–water partition coefficient (Wildman–Crippen LogP) is 4.42. The summed E-state index contributed by atoms with van der Waals surface area (Å²) in [5.74, 6) is 0.373. The highest BCUT2D eigenvalue weighted by atomic mass is 16.3. The van der Waals surface area contributed by atoms with Gasteiger partial charge in [-0.25, -0.2) is 0 Å². The number of rotatable bonds is 5. The molecule has 0 amide bonds. The van der Waals surface area contributed by atoms with Gasteiger partial charge < -0.3 is 5.11 Å². The third-order valence-electron chi connectivity index (χ3n) is 5.17. The molecule has 2 aromatic rings. The Morgan fingerprint density at radius 3 is 2.57 bits per heavy atom. The summed E-state index contributed by atoms with van der Waals surface area (Å²) < 4.78 is 0. The molecule has 3 rings (SSSR count). The molecule has 2 nitrogen and oxygen atoms in total. The molecular formula is C21H27NO. The van der Waals surface area contributed by atoms with Crippen molar-refractivity contribution in [1.82, 2.24) is 4.90 Å². The molecule has 0 aliphatic carbocycles. The monoisotopic (exact) mass is 309 g/mol. The highest BCUT2D eigenvalue weighted by molar-refractivity contribution is 5.28. The minimum atomic E-state index is 0.195. The summed E-state index contributed by atoms with van der Waals surface area (Å²) in [7, 11) is 0. The molecule has 1 heterocycles. The largest absolute Gasteiger partial charge is 0.508 e. The van der Waals surface area contributed by atoms with Crippen LogP contribution >= 0.6 is 0 Å². The fraction of sp³-hybridized carbons (Fsp3) is 0.429. The van der Waals surface area contributed by atoms with Crippen molar-refractivity contribution in [3.05, 3.63) is 65.7 Å². The minimum absolute atomic E-state index is 0.195. The normalized spacial score (nSPS) is 22.1. The Morgan fingerprint density at radius 2 is 1.78 bits per heavy atom. The second-order valence-electron chi connectivity index (χ2n) is 7.02. The molecule has 0 radical (unpaired) electrons. The zero-order chi connectivity index (χ0) is 16.1. The van der Waals surface area contributed by atoms with E-state index in [2.05, 4.69) is 48.2 Å². The summed E-state index contributed by atoms with van der Waals surface area (Å²) in [6.07, 6.45) is 5.95. The molecule has 1 saturated heterocycles. The van der Waals surface area contributed by atoms with E-state index >= 15 is 0 Å². The Labute approximate surface area is 139 Å². The first-order valence-corrected chi connectivity index (χ1v) is 8.73. The number of hydrogen-bond donors (Lipinski definition) is 1. The number of benzene rings is 2. The third-order valence-corrected chi connectivity index (χ3v) is 5.17. The van der Waals surface area contributed by atoms with Gasteiger partial charge in [0.2, 0.25) is 0 Å². The molecular weight excluding hydrogens is 282 g/mol. The quantitative estimate of drug-likeness (QED) is 0.883. The molecule has 0 aromatic heterocycles. The van der Waals surface area contributed by atoms with E-state index < -0.39 is 0 Å². The maximum absolute atomic E-state index is 9.73. The van der Waals surface area contributed by atoms with Crippen LogP contribution in [0.4, 0.5) is 0 Å². The maximum Gasteiger partial charge on any atom is 0.115 e. The Bertz CT molecular complexity index is 625. The molecule has 1 aliphatic heterocycles. The molecule has 1 N–H and O–H groups in total.